The highest BCUT2D eigenvalue weighted by Gasteiger charge is 2.49. The second-order valence-corrected chi connectivity index (χ2v) is 10.3. The number of hydrogen-bond donors (Lipinski definition) is 3. The lowest BCUT2D eigenvalue weighted by molar-refractivity contribution is -0.127. The third-order valence-corrected chi connectivity index (χ3v) is 7.77. The number of H-pyrrole nitrogens is 1. The number of benzene rings is 1. The van der Waals surface area contributed by atoms with Gasteiger partial charge in [-0.05, 0) is 57.4 Å². The van der Waals surface area contributed by atoms with Crippen LogP contribution in [-0.4, -0.2) is 71.4 Å². The number of likely N-dealkylation sites (N-methyl/N-ethyl adjacent to an activating group) is 1. The summed E-state index contributed by atoms with van der Waals surface area (Å²) in [5.74, 6) is -1.18. The monoisotopic (exact) mass is 502 g/mol. The highest BCUT2D eigenvalue weighted by atomic mass is 35.5. The largest absolute Gasteiger partial charge is 0.348 e. The van der Waals surface area contributed by atoms with Crippen molar-refractivity contribution < 1.29 is 18.8 Å². The van der Waals surface area contributed by atoms with Gasteiger partial charge in [-0.15, -0.1) is 0 Å². The molecule has 1 saturated carbocycles. The van der Waals surface area contributed by atoms with Crippen molar-refractivity contribution in [2.45, 2.75) is 44.2 Å². The standard InChI is InChI=1S/C24H28ClFN6O3/c1-31-11-16(12-31)30-22(34)20-19(27-13-28-20)21(33)29-15-4-6-24(7-5-15)8-9-32(23(24)35)18-3-2-14(26)10-17(18)25/h2-3,10,13,15-16H,4-9,11-12H2,1H3,(H,27,28)(H,29,33)(H,30,34). The molecule has 3 amide bonds. The molecule has 1 aliphatic carbocycles. The Morgan fingerprint density at radius 2 is 1.86 bits per heavy atom. The van der Waals surface area contributed by atoms with E-state index < -0.39 is 11.2 Å². The van der Waals surface area contributed by atoms with E-state index in [0.717, 1.165) is 13.1 Å². The van der Waals surface area contributed by atoms with Gasteiger partial charge >= 0.3 is 0 Å². The predicted octanol–water partition coefficient (Wildman–Crippen LogP) is 2.34. The van der Waals surface area contributed by atoms with Crippen molar-refractivity contribution in [3.63, 3.8) is 0 Å². The van der Waals surface area contributed by atoms with Crippen molar-refractivity contribution in [2.24, 2.45) is 5.41 Å². The smallest absolute Gasteiger partial charge is 0.272 e. The Morgan fingerprint density at radius 3 is 2.54 bits per heavy atom. The molecule has 11 heteroatoms. The molecule has 3 fully saturated rings. The van der Waals surface area contributed by atoms with Crippen molar-refractivity contribution >= 4 is 35.0 Å². The topological polar surface area (TPSA) is 110 Å². The maximum Gasteiger partial charge on any atom is 0.272 e. The van der Waals surface area contributed by atoms with Crippen LogP contribution in [0.1, 0.15) is 53.1 Å². The lowest BCUT2D eigenvalue weighted by Gasteiger charge is -2.36. The third-order valence-electron chi connectivity index (χ3n) is 7.47. The minimum Gasteiger partial charge on any atom is -0.348 e. The lowest BCUT2D eigenvalue weighted by Crippen LogP contribution is -2.57. The number of carbonyl (C=O) groups excluding carboxylic acids is 3. The summed E-state index contributed by atoms with van der Waals surface area (Å²) in [4.78, 5) is 49.4. The van der Waals surface area contributed by atoms with Crippen molar-refractivity contribution in [2.75, 3.05) is 31.6 Å². The zero-order chi connectivity index (χ0) is 24.7. The van der Waals surface area contributed by atoms with Gasteiger partial charge in [0.25, 0.3) is 11.8 Å². The van der Waals surface area contributed by atoms with Crippen LogP contribution >= 0.6 is 11.6 Å². The Morgan fingerprint density at radius 1 is 1.14 bits per heavy atom. The number of nitrogens with zero attached hydrogens (tertiary/aromatic N) is 3. The van der Waals surface area contributed by atoms with E-state index in [1.165, 1.54) is 18.5 Å². The Hall–Kier alpha value is -2.98. The molecule has 3 aliphatic rings. The maximum atomic E-state index is 13.4. The van der Waals surface area contributed by atoms with Crippen LogP contribution in [0.2, 0.25) is 5.02 Å². The fourth-order valence-corrected chi connectivity index (χ4v) is 5.74. The third kappa shape index (κ3) is 4.52. The second kappa shape index (κ2) is 9.23. The molecule has 0 atom stereocenters. The summed E-state index contributed by atoms with van der Waals surface area (Å²) in [5.41, 5.74) is 0.268. The van der Waals surface area contributed by atoms with Gasteiger partial charge in [0.2, 0.25) is 5.91 Å². The molecule has 3 N–H and O–H groups in total. The number of aromatic amines is 1. The van der Waals surface area contributed by atoms with Gasteiger partial charge in [-0.1, -0.05) is 11.6 Å². The van der Waals surface area contributed by atoms with Crippen LogP contribution in [0.5, 0.6) is 0 Å². The summed E-state index contributed by atoms with van der Waals surface area (Å²) < 4.78 is 13.4. The second-order valence-electron chi connectivity index (χ2n) is 9.85. The molecule has 1 aromatic carbocycles. The number of halogens is 2. The van der Waals surface area contributed by atoms with Crippen molar-refractivity contribution in [3.8, 4) is 0 Å². The first-order chi connectivity index (χ1) is 16.8. The summed E-state index contributed by atoms with van der Waals surface area (Å²) >= 11 is 6.19. The van der Waals surface area contributed by atoms with Crippen LogP contribution in [0.3, 0.4) is 0 Å². The number of aromatic nitrogens is 2. The molecule has 2 saturated heterocycles. The molecule has 0 unspecified atom stereocenters. The van der Waals surface area contributed by atoms with Gasteiger partial charge in [0.05, 0.1) is 28.5 Å². The van der Waals surface area contributed by atoms with Crippen molar-refractivity contribution in [1.29, 1.82) is 0 Å². The molecule has 9 nitrogen and oxygen atoms in total. The van der Waals surface area contributed by atoms with Crippen LogP contribution < -0.4 is 15.5 Å². The minimum absolute atomic E-state index is 0.00458. The molecule has 186 valence electrons. The summed E-state index contributed by atoms with van der Waals surface area (Å²) in [6.45, 7) is 2.07. The van der Waals surface area contributed by atoms with Gasteiger partial charge in [-0.2, -0.15) is 0 Å². The summed E-state index contributed by atoms with van der Waals surface area (Å²) in [7, 11) is 1.97. The normalized spacial score (nSPS) is 25.1. The average molecular weight is 503 g/mol. The SMILES string of the molecule is CN1CC(NC(=O)c2nc[nH]c2C(=O)NC2CCC3(CC2)CCN(c2ccc(F)cc2Cl)C3=O)C1. The fraction of sp³-hybridized carbons (Fsp3) is 0.500. The van der Waals surface area contributed by atoms with Gasteiger partial charge in [0.15, 0.2) is 5.69 Å². The molecule has 2 aliphatic heterocycles. The molecule has 1 aromatic heterocycles. The Balaban J connectivity index is 1.18. The zero-order valence-electron chi connectivity index (χ0n) is 19.4. The number of amides is 3. The molecule has 0 bridgehead atoms. The Kier molecular flexibility index (Phi) is 6.27. The first-order valence-electron chi connectivity index (χ1n) is 11.9. The van der Waals surface area contributed by atoms with Crippen LogP contribution in [0.25, 0.3) is 0 Å². The first kappa shape index (κ1) is 23.7. The molecular formula is C24H28ClFN6O3. The van der Waals surface area contributed by atoms with E-state index in [9.17, 15) is 18.8 Å². The Labute approximate surface area is 207 Å². The minimum atomic E-state index is -0.492. The van der Waals surface area contributed by atoms with Crippen molar-refractivity contribution in [1.82, 2.24) is 25.5 Å². The molecule has 0 radical (unpaired) electrons. The van der Waals surface area contributed by atoms with E-state index in [1.54, 1.807) is 11.0 Å². The predicted molar refractivity (Wildman–Crippen MR) is 128 cm³/mol. The lowest BCUT2D eigenvalue weighted by atomic mass is 9.71. The van der Waals surface area contributed by atoms with Gasteiger partial charge < -0.3 is 25.4 Å². The number of anilines is 1. The molecule has 35 heavy (non-hydrogen) atoms. The number of imidazole rings is 1. The van der Waals surface area contributed by atoms with E-state index in [-0.39, 0.29) is 46.2 Å². The fourth-order valence-electron chi connectivity index (χ4n) is 5.47. The summed E-state index contributed by atoms with van der Waals surface area (Å²) in [6.07, 6.45) is 4.61. The molecule has 3 heterocycles. The Bertz CT molecular complexity index is 1160. The van der Waals surface area contributed by atoms with Crippen LogP contribution in [-0.2, 0) is 4.79 Å². The van der Waals surface area contributed by atoms with E-state index >= 15 is 0 Å². The number of carbonyl (C=O) groups is 3. The van der Waals surface area contributed by atoms with Gasteiger partial charge in [-0.3, -0.25) is 14.4 Å². The average Bonchev–Trinajstić information content (AvgIpc) is 3.41. The number of nitrogens with one attached hydrogen (secondary N) is 3. The quantitative estimate of drug-likeness (QED) is 0.581. The number of rotatable bonds is 5. The van der Waals surface area contributed by atoms with Crippen LogP contribution in [0.4, 0.5) is 10.1 Å². The molecule has 2 aromatic rings. The van der Waals surface area contributed by atoms with Gasteiger partial charge in [0, 0.05) is 25.7 Å². The highest BCUT2D eigenvalue weighted by molar-refractivity contribution is 6.34. The highest BCUT2D eigenvalue weighted by Crippen LogP contribution is 2.47. The van der Waals surface area contributed by atoms with Gasteiger partial charge in [-0.25, -0.2) is 9.37 Å². The number of hydrogen-bond acceptors (Lipinski definition) is 5. The zero-order valence-corrected chi connectivity index (χ0v) is 20.2. The number of likely N-dealkylation sites (tertiary alicyclic amines) is 1. The van der Waals surface area contributed by atoms with E-state index in [2.05, 4.69) is 25.5 Å². The van der Waals surface area contributed by atoms with E-state index in [1.807, 2.05) is 7.05 Å². The maximum absolute atomic E-state index is 13.4. The van der Waals surface area contributed by atoms with E-state index in [4.69, 9.17) is 11.6 Å². The summed E-state index contributed by atoms with van der Waals surface area (Å²) in [5, 5.41) is 6.12. The van der Waals surface area contributed by atoms with Crippen LogP contribution in [0.15, 0.2) is 24.5 Å². The summed E-state index contributed by atoms with van der Waals surface area (Å²) in [6, 6.07) is 4.02. The van der Waals surface area contributed by atoms with E-state index in [0.29, 0.717) is 44.3 Å². The first-order valence-corrected chi connectivity index (χ1v) is 12.2. The van der Waals surface area contributed by atoms with Gasteiger partial charge in [0.1, 0.15) is 11.5 Å². The van der Waals surface area contributed by atoms with Crippen LogP contribution in [0, 0.1) is 11.2 Å². The molecular weight excluding hydrogens is 475 g/mol. The molecule has 5 rings (SSSR count). The molecule has 1 spiro atoms. The van der Waals surface area contributed by atoms with Crippen molar-refractivity contribution in [3.05, 3.63) is 46.8 Å².